The van der Waals surface area contributed by atoms with Crippen LogP contribution in [0.5, 0.6) is 5.75 Å². The fourth-order valence-corrected chi connectivity index (χ4v) is 2.51. The molecule has 1 aliphatic carbocycles. The van der Waals surface area contributed by atoms with Crippen molar-refractivity contribution in [1.82, 2.24) is 0 Å². The number of carbonyl (C=O) groups is 1. The predicted octanol–water partition coefficient (Wildman–Crippen LogP) is 3.78. The summed E-state index contributed by atoms with van der Waals surface area (Å²) in [7, 11) is 0. The SMILES string of the molecule is O=C(O)C=C1CCC(Oc2cccc(Br)c2)CC1. The van der Waals surface area contributed by atoms with Gasteiger partial charge in [-0.15, -0.1) is 0 Å². The second-order valence-corrected chi connectivity index (χ2v) is 5.33. The zero-order valence-corrected chi connectivity index (χ0v) is 11.5. The highest BCUT2D eigenvalue weighted by molar-refractivity contribution is 9.10. The number of halogens is 1. The van der Waals surface area contributed by atoms with Crippen LogP contribution >= 0.6 is 15.9 Å². The summed E-state index contributed by atoms with van der Waals surface area (Å²) >= 11 is 3.41. The van der Waals surface area contributed by atoms with Gasteiger partial charge in [0.25, 0.3) is 0 Å². The third-order valence-electron chi connectivity index (χ3n) is 3.00. The smallest absolute Gasteiger partial charge is 0.328 e. The van der Waals surface area contributed by atoms with Gasteiger partial charge >= 0.3 is 5.97 Å². The molecular formula is C14H15BrO3. The molecule has 0 aromatic heterocycles. The summed E-state index contributed by atoms with van der Waals surface area (Å²) in [6.45, 7) is 0. The Morgan fingerprint density at radius 3 is 2.72 bits per heavy atom. The van der Waals surface area contributed by atoms with Crippen molar-refractivity contribution in [3.05, 3.63) is 40.4 Å². The van der Waals surface area contributed by atoms with E-state index in [2.05, 4.69) is 15.9 Å². The Bertz CT molecular complexity index is 458. The quantitative estimate of drug-likeness (QED) is 0.864. The Kier molecular flexibility index (Phi) is 4.42. The van der Waals surface area contributed by atoms with Crippen LogP contribution in [0.4, 0.5) is 0 Å². The lowest BCUT2D eigenvalue weighted by atomic mass is 9.92. The Morgan fingerprint density at radius 1 is 1.39 bits per heavy atom. The van der Waals surface area contributed by atoms with Gasteiger partial charge in [-0.2, -0.15) is 0 Å². The van der Waals surface area contributed by atoms with E-state index in [-0.39, 0.29) is 6.10 Å². The van der Waals surface area contributed by atoms with Gasteiger partial charge in [0.15, 0.2) is 0 Å². The van der Waals surface area contributed by atoms with E-state index in [0.29, 0.717) is 0 Å². The molecule has 0 unspecified atom stereocenters. The molecule has 2 rings (SSSR count). The number of allylic oxidation sites excluding steroid dienone is 1. The normalized spacial score (nSPS) is 19.4. The van der Waals surface area contributed by atoms with Crippen molar-refractivity contribution in [3.63, 3.8) is 0 Å². The molecule has 0 saturated heterocycles. The molecule has 0 atom stereocenters. The summed E-state index contributed by atoms with van der Waals surface area (Å²) < 4.78 is 6.89. The molecule has 96 valence electrons. The third-order valence-corrected chi connectivity index (χ3v) is 3.49. The highest BCUT2D eigenvalue weighted by Gasteiger charge is 2.18. The summed E-state index contributed by atoms with van der Waals surface area (Å²) in [5, 5.41) is 8.68. The van der Waals surface area contributed by atoms with Crippen LogP contribution in [-0.4, -0.2) is 17.2 Å². The molecule has 1 aromatic rings. The minimum absolute atomic E-state index is 0.185. The van der Waals surface area contributed by atoms with Crippen LogP contribution < -0.4 is 4.74 Å². The highest BCUT2D eigenvalue weighted by atomic mass is 79.9. The van der Waals surface area contributed by atoms with Gasteiger partial charge in [-0.1, -0.05) is 27.6 Å². The number of aliphatic carboxylic acids is 1. The molecule has 1 aromatic carbocycles. The molecule has 0 spiro atoms. The van der Waals surface area contributed by atoms with Crippen LogP contribution in [0.15, 0.2) is 40.4 Å². The maximum absolute atomic E-state index is 10.6. The Morgan fingerprint density at radius 2 is 2.11 bits per heavy atom. The first-order valence-electron chi connectivity index (χ1n) is 5.98. The van der Waals surface area contributed by atoms with Crippen molar-refractivity contribution in [2.24, 2.45) is 0 Å². The fourth-order valence-electron chi connectivity index (χ4n) is 2.13. The minimum atomic E-state index is -0.851. The molecule has 0 amide bonds. The van der Waals surface area contributed by atoms with E-state index in [9.17, 15) is 4.79 Å². The lowest BCUT2D eigenvalue weighted by molar-refractivity contribution is -0.131. The number of ether oxygens (including phenoxy) is 1. The standard InChI is InChI=1S/C14H15BrO3/c15-11-2-1-3-13(9-11)18-12-6-4-10(5-7-12)8-14(16)17/h1-3,8-9,12H,4-7H2,(H,16,17). The fraction of sp³-hybridized carbons (Fsp3) is 0.357. The molecule has 0 aliphatic heterocycles. The number of hydrogen-bond donors (Lipinski definition) is 1. The number of carboxylic acid groups (broad SMARTS) is 1. The first kappa shape index (κ1) is 13.1. The zero-order chi connectivity index (χ0) is 13.0. The molecule has 4 heteroatoms. The van der Waals surface area contributed by atoms with Crippen LogP contribution in [0, 0.1) is 0 Å². The number of hydrogen-bond acceptors (Lipinski definition) is 2. The van der Waals surface area contributed by atoms with Crippen LogP contribution in [0.3, 0.4) is 0 Å². The largest absolute Gasteiger partial charge is 0.490 e. The van der Waals surface area contributed by atoms with Crippen molar-refractivity contribution in [1.29, 1.82) is 0 Å². The molecule has 0 heterocycles. The van der Waals surface area contributed by atoms with Crippen LogP contribution in [-0.2, 0) is 4.79 Å². The number of carboxylic acids is 1. The minimum Gasteiger partial charge on any atom is -0.490 e. The molecular weight excluding hydrogens is 296 g/mol. The summed E-state index contributed by atoms with van der Waals surface area (Å²) in [5.74, 6) is 0.0106. The van der Waals surface area contributed by atoms with Crippen molar-refractivity contribution >= 4 is 21.9 Å². The van der Waals surface area contributed by atoms with Gasteiger partial charge in [0, 0.05) is 10.5 Å². The van der Waals surface area contributed by atoms with Gasteiger partial charge in [-0.25, -0.2) is 4.79 Å². The summed E-state index contributed by atoms with van der Waals surface area (Å²) in [6, 6.07) is 7.79. The van der Waals surface area contributed by atoms with Gasteiger partial charge in [-0.05, 0) is 43.9 Å². The van der Waals surface area contributed by atoms with E-state index in [1.54, 1.807) is 0 Å². The second kappa shape index (κ2) is 6.05. The van der Waals surface area contributed by atoms with Crippen molar-refractivity contribution in [3.8, 4) is 5.75 Å². The molecule has 1 fully saturated rings. The van der Waals surface area contributed by atoms with E-state index in [1.807, 2.05) is 24.3 Å². The van der Waals surface area contributed by atoms with E-state index in [0.717, 1.165) is 41.5 Å². The average molecular weight is 311 g/mol. The average Bonchev–Trinajstić information content (AvgIpc) is 2.31. The molecule has 1 saturated carbocycles. The molecule has 0 bridgehead atoms. The Hall–Kier alpha value is -1.29. The lowest BCUT2D eigenvalue weighted by Crippen LogP contribution is -2.21. The maximum Gasteiger partial charge on any atom is 0.328 e. The predicted molar refractivity (Wildman–Crippen MR) is 72.7 cm³/mol. The lowest BCUT2D eigenvalue weighted by Gasteiger charge is -2.24. The number of rotatable bonds is 3. The monoisotopic (exact) mass is 310 g/mol. The molecule has 3 nitrogen and oxygen atoms in total. The molecule has 0 radical (unpaired) electrons. The molecule has 18 heavy (non-hydrogen) atoms. The topological polar surface area (TPSA) is 46.5 Å². The number of benzene rings is 1. The van der Waals surface area contributed by atoms with Crippen LogP contribution in [0.25, 0.3) is 0 Å². The van der Waals surface area contributed by atoms with Gasteiger partial charge in [-0.3, -0.25) is 0 Å². The Labute approximate surface area is 115 Å². The maximum atomic E-state index is 10.6. The van der Waals surface area contributed by atoms with Gasteiger partial charge in [0.05, 0.1) is 6.10 Å². The molecule has 1 aliphatic rings. The van der Waals surface area contributed by atoms with Gasteiger partial charge < -0.3 is 9.84 Å². The third kappa shape index (κ3) is 3.88. The van der Waals surface area contributed by atoms with Gasteiger partial charge in [0.1, 0.15) is 5.75 Å². The van der Waals surface area contributed by atoms with Crippen LogP contribution in [0.2, 0.25) is 0 Å². The van der Waals surface area contributed by atoms with Gasteiger partial charge in [0.2, 0.25) is 0 Å². The van der Waals surface area contributed by atoms with E-state index in [4.69, 9.17) is 9.84 Å². The summed E-state index contributed by atoms with van der Waals surface area (Å²) in [4.78, 5) is 10.6. The summed E-state index contributed by atoms with van der Waals surface area (Å²) in [6.07, 6.45) is 4.90. The van der Waals surface area contributed by atoms with E-state index < -0.39 is 5.97 Å². The van der Waals surface area contributed by atoms with Crippen LogP contribution in [0.1, 0.15) is 25.7 Å². The highest BCUT2D eigenvalue weighted by Crippen LogP contribution is 2.28. The first-order valence-corrected chi connectivity index (χ1v) is 6.77. The van der Waals surface area contributed by atoms with Crippen molar-refractivity contribution in [2.45, 2.75) is 31.8 Å². The molecule has 1 N–H and O–H groups in total. The summed E-state index contributed by atoms with van der Waals surface area (Å²) in [5.41, 5.74) is 1.01. The zero-order valence-electron chi connectivity index (χ0n) is 9.93. The Balaban J connectivity index is 1.89. The van der Waals surface area contributed by atoms with Crippen molar-refractivity contribution in [2.75, 3.05) is 0 Å². The van der Waals surface area contributed by atoms with E-state index in [1.165, 1.54) is 6.08 Å². The first-order chi connectivity index (χ1) is 8.63. The van der Waals surface area contributed by atoms with E-state index >= 15 is 0 Å². The van der Waals surface area contributed by atoms with Crippen molar-refractivity contribution < 1.29 is 14.6 Å². The second-order valence-electron chi connectivity index (χ2n) is 4.42.